The van der Waals surface area contributed by atoms with Gasteiger partial charge in [-0.05, 0) is 13.3 Å². The van der Waals surface area contributed by atoms with Crippen LogP contribution in [0.1, 0.15) is 26.7 Å². The van der Waals surface area contributed by atoms with Gasteiger partial charge in [0.1, 0.15) is 6.10 Å². The first-order chi connectivity index (χ1) is 7.22. The van der Waals surface area contributed by atoms with Gasteiger partial charge in [0.2, 0.25) is 0 Å². The van der Waals surface area contributed by atoms with Gasteiger partial charge in [-0.25, -0.2) is 0 Å². The van der Waals surface area contributed by atoms with Crippen LogP contribution in [0, 0.1) is 0 Å². The second kappa shape index (κ2) is 10.1. The first-order valence-electron chi connectivity index (χ1n) is 5.43. The van der Waals surface area contributed by atoms with Gasteiger partial charge in [0.05, 0.1) is 13.2 Å². The smallest absolute Gasteiger partial charge is 0.160 e. The third kappa shape index (κ3) is 8.54. The number of carbonyl (C=O) groups is 1. The summed E-state index contributed by atoms with van der Waals surface area (Å²) in [5, 5.41) is 0. The van der Waals surface area contributed by atoms with Gasteiger partial charge in [0, 0.05) is 26.7 Å². The molecule has 0 aliphatic heterocycles. The van der Waals surface area contributed by atoms with Crippen molar-refractivity contribution in [3.05, 3.63) is 0 Å². The van der Waals surface area contributed by atoms with Crippen molar-refractivity contribution in [2.75, 3.05) is 33.5 Å². The zero-order valence-corrected chi connectivity index (χ0v) is 9.95. The summed E-state index contributed by atoms with van der Waals surface area (Å²) in [5.41, 5.74) is 0. The van der Waals surface area contributed by atoms with E-state index in [0.717, 1.165) is 6.42 Å². The number of ether oxygens (including phenoxy) is 3. The molecule has 0 saturated heterocycles. The van der Waals surface area contributed by atoms with E-state index in [-0.39, 0.29) is 11.9 Å². The Hall–Kier alpha value is -0.450. The summed E-state index contributed by atoms with van der Waals surface area (Å²) in [6.07, 6.45) is 1.06. The Morgan fingerprint density at radius 3 is 2.53 bits per heavy atom. The van der Waals surface area contributed by atoms with Gasteiger partial charge in [0.15, 0.2) is 5.78 Å². The molecule has 0 amide bonds. The van der Waals surface area contributed by atoms with Crippen molar-refractivity contribution in [3.63, 3.8) is 0 Å². The van der Waals surface area contributed by atoms with Crippen molar-refractivity contribution in [1.82, 2.24) is 0 Å². The molecular formula is C11H22O4. The van der Waals surface area contributed by atoms with E-state index < -0.39 is 0 Å². The minimum Gasteiger partial charge on any atom is -0.382 e. The lowest BCUT2D eigenvalue weighted by molar-refractivity contribution is -0.129. The molecule has 15 heavy (non-hydrogen) atoms. The highest BCUT2D eigenvalue weighted by Gasteiger charge is 2.09. The second-order valence-electron chi connectivity index (χ2n) is 3.29. The van der Waals surface area contributed by atoms with Crippen LogP contribution in [0.15, 0.2) is 0 Å². The quantitative estimate of drug-likeness (QED) is 0.520. The summed E-state index contributed by atoms with van der Waals surface area (Å²) in [6.45, 7) is 6.08. The number of carbonyl (C=O) groups excluding carboxylic acids is 1. The molecule has 0 aromatic carbocycles. The molecule has 0 rings (SSSR count). The average Bonchev–Trinajstić information content (AvgIpc) is 2.26. The fraction of sp³-hybridized carbons (Fsp3) is 0.909. The van der Waals surface area contributed by atoms with Crippen molar-refractivity contribution >= 4 is 5.78 Å². The van der Waals surface area contributed by atoms with Gasteiger partial charge in [-0.15, -0.1) is 0 Å². The van der Waals surface area contributed by atoms with Crippen LogP contribution in [0.4, 0.5) is 0 Å². The molecule has 1 unspecified atom stereocenters. The van der Waals surface area contributed by atoms with E-state index in [2.05, 4.69) is 0 Å². The van der Waals surface area contributed by atoms with E-state index in [1.807, 2.05) is 6.92 Å². The van der Waals surface area contributed by atoms with Crippen molar-refractivity contribution in [2.24, 2.45) is 0 Å². The van der Waals surface area contributed by atoms with E-state index in [1.165, 1.54) is 0 Å². The Morgan fingerprint density at radius 1 is 1.20 bits per heavy atom. The topological polar surface area (TPSA) is 44.8 Å². The average molecular weight is 218 g/mol. The lowest BCUT2D eigenvalue weighted by Crippen LogP contribution is -2.20. The third-order valence-corrected chi connectivity index (χ3v) is 2.03. The lowest BCUT2D eigenvalue weighted by atomic mass is 10.2. The maximum absolute atomic E-state index is 11.1. The lowest BCUT2D eigenvalue weighted by Gasteiger charge is -2.10. The van der Waals surface area contributed by atoms with Crippen LogP contribution in [0.5, 0.6) is 0 Å². The molecule has 0 heterocycles. The highest BCUT2D eigenvalue weighted by molar-refractivity contribution is 5.82. The second-order valence-corrected chi connectivity index (χ2v) is 3.29. The molecule has 90 valence electrons. The largest absolute Gasteiger partial charge is 0.382 e. The van der Waals surface area contributed by atoms with Crippen LogP contribution in [0.3, 0.4) is 0 Å². The Kier molecular flexibility index (Phi) is 9.78. The van der Waals surface area contributed by atoms with Gasteiger partial charge in [-0.3, -0.25) is 4.79 Å². The highest BCUT2D eigenvalue weighted by atomic mass is 16.5. The normalized spacial score (nSPS) is 12.7. The highest BCUT2D eigenvalue weighted by Crippen LogP contribution is 1.97. The van der Waals surface area contributed by atoms with Crippen molar-refractivity contribution in [2.45, 2.75) is 32.8 Å². The maximum atomic E-state index is 11.1. The molecule has 0 aliphatic rings. The molecule has 1 atom stereocenters. The molecule has 4 nitrogen and oxygen atoms in total. The van der Waals surface area contributed by atoms with Crippen LogP contribution in [-0.4, -0.2) is 45.4 Å². The first kappa shape index (κ1) is 14.6. The molecular weight excluding hydrogens is 196 g/mol. The predicted octanol–water partition coefficient (Wildman–Crippen LogP) is 1.42. The van der Waals surface area contributed by atoms with Gasteiger partial charge >= 0.3 is 0 Å². The minimum atomic E-state index is -0.283. The van der Waals surface area contributed by atoms with Crippen LogP contribution in [0.2, 0.25) is 0 Å². The number of Topliss-reactive ketones (excluding diaryl/α,β-unsaturated/α-hetero) is 1. The molecule has 0 radical (unpaired) electrons. The number of methoxy groups -OCH3 is 1. The zero-order chi connectivity index (χ0) is 11.5. The van der Waals surface area contributed by atoms with Crippen LogP contribution in [-0.2, 0) is 19.0 Å². The SMILES string of the molecule is CCC(=O)C(C)OCCCOCCOC. The van der Waals surface area contributed by atoms with Crippen LogP contribution < -0.4 is 0 Å². The van der Waals surface area contributed by atoms with Crippen molar-refractivity contribution in [3.8, 4) is 0 Å². The third-order valence-electron chi connectivity index (χ3n) is 2.03. The maximum Gasteiger partial charge on any atom is 0.160 e. The first-order valence-corrected chi connectivity index (χ1v) is 5.43. The molecule has 0 saturated carbocycles. The van der Waals surface area contributed by atoms with Crippen LogP contribution >= 0.6 is 0 Å². The van der Waals surface area contributed by atoms with E-state index >= 15 is 0 Å². The molecule has 0 bridgehead atoms. The summed E-state index contributed by atoms with van der Waals surface area (Å²) in [7, 11) is 1.64. The molecule has 0 N–H and O–H groups in total. The van der Waals surface area contributed by atoms with Gasteiger partial charge in [0.25, 0.3) is 0 Å². The molecule has 4 heteroatoms. The van der Waals surface area contributed by atoms with E-state index in [0.29, 0.717) is 32.8 Å². The summed E-state index contributed by atoms with van der Waals surface area (Å²) >= 11 is 0. The summed E-state index contributed by atoms with van der Waals surface area (Å²) in [6, 6.07) is 0. The van der Waals surface area contributed by atoms with Crippen LogP contribution in [0.25, 0.3) is 0 Å². The van der Waals surface area contributed by atoms with Crippen molar-refractivity contribution < 1.29 is 19.0 Å². The number of hydrogen-bond acceptors (Lipinski definition) is 4. The fourth-order valence-corrected chi connectivity index (χ4v) is 1.05. The molecule has 0 fully saturated rings. The Bertz CT molecular complexity index is 159. The Balaban J connectivity index is 3.20. The number of ketones is 1. The van der Waals surface area contributed by atoms with Gasteiger partial charge in [-0.2, -0.15) is 0 Å². The summed E-state index contributed by atoms with van der Waals surface area (Å²) in [4.78, 5) is 11.1. The van der Waals surface area contributed by atoms with Crippen molar-refractivity contribution in [1.29, 1.82) is 0 Å². The molecule has 0 aromatic heterocycles. The summed E-state index contributed by atoms with van der Waals surface area (Å²) < 4.78 is 15.4. The zero-order valence-electron chi connectivity index (χ0n) is 9.95. The number of rotatable bonds is 10. The van der Waals surface area contributed by atoms with E-state index in [1.54, 1.807) is 14.0 Å². The van der Waals surface area contributed by atoms with E-state index in [4.69, 9.17) is 14.2 Å². The fourth-order valence-electron chi connectivity index (χ4n) is 1.05. The van der Waals surface area contributed by atoms with E-state index in [9.17, 15) is 4.79 Å². The minimum absolute atomic E-state index is 0.148. The number of hydrogen-bond donors (Lipinski definition) is 0. The van der Waals surface area contributed by atoms with Gasteiger partial charge in [-0.1, -0.05) is 6.92 Å². The molecule has 0 spiro atoms. The van der Waals surface area contributed by atoms with Gasteiger partial charge < -0.3 is 14.2 Å². The predicted molar refractivity (Wildman–Crippen MR) is 58.0 cm³/mol. The standard InChI is InChI=1S/C11H22O4/c1-4-11(12)10(2)15-7-5-6-14-9-8-13-3/h10H,4-9H2,1-3H3. The molecule has 0 aromatic rings. The monoisotopic (exact) mass is 218 g/mol. The Morgan fingerprint density at radius 2 is 1.93 bits per heavy atom. The Labute approximate surface area is 91.9 Å². The summed E-state index contributed by atoms with van der Waals surface area (Å²) in [5.74, 6) is 0.148. The molecule has 0 aliphatic carbocycles.